The summed E-state index contributed by atoms with van der Waals surface area (Å²) in [6.07, 6.45) is 1.78. The van der Waals surface area contributed by atoms with Crippen LogP contribution in [0.1, 0.15) is 33.1 Å². The maximum absolute atomic E-state index is 12.9. The molecule has 1 saturated heterocycles. The van der Waals surface area contributed by atoms with Gasteiger partial charge >= 0.3 is 0 Å². The van der Waals surface area contributed by atoms with E-state index in [1.54, 1.807) is 4.90 Å². The molecular weight excluding hydrogens is 478 g/mol. The van der Waals surface area contributed by atoms with Gasteiger partial charge in [0.2, 0.25) is 17.7 Å². The predicted molar refractivity (Wildman–Crippen MR) is 141 cm³/mol. The summed E-state index contributed by atoms with van der Waals surface area (Å²) in [6, 6.07) is 11.3. The number of benzene rings is 1. The fourth-order valence-corrected chi connectivity index (χ4v) is 5.60. The van der Waals surface area contributed by atoms with Crippen LogP contribution >= 0.6 is 11.8 Å². The molecule has 1 aromatic rings. The zero-order valence-electron chi connectivity index (χ0n) is 21.1. The number of nitrogens with zero attached hydrogens (tertiary/aromatic N) is 4. The summed E-state index contributed by atoms with van der Waals surface area (Å²) in [5.41, 5.74) is 1.54. The Morgan fingerprint density at radius 3 is 2.67 bits per heavy atom. The molecule has 0 saturated carbocycles. The third kappa shape index (κ3) is 8.74. The minimum Gasteiger partial charge on any atom is -0.385 e. The third-order valence-electron chi connectivity index (χ3n) is 5.72. The second-order valence-corrected chi connectivity index (χ2v) is 9.96. The minimum atomic E-state index is -0.922. The molecule has 0 radical (unpaired) electrons. The van der Waals surface area contributed by atoms with Gasteiger partial charge < -0.3 is 20.9 Å². The van der Waals surface area contributed by atoms with E-state index in [9.17, 15) is 19.6 Å². The van der Waals surface area contributed by atoms with Crippen molar-refractivity contribution in [3.05, 3.63) is 24.3 Å². The molecule has 1 aromatic carbocycles. The van der Waals surface area contributed by atoms with Crippen LogP contribution in [-0.4, -0.2) is 77.9 Å². The van der Waals surface area contributed by atoms with Gasteiger partial charge in [0, 0.05) is 30.9 Å². The number of rotatable bonds is 14. The first-order valence-corrected chi connectivity index (χ1v) is 13.1. The van der Waals surface area contributed by atoms with Crippen molar-refractivity contribution in [2.45, 2.75) is 43.7 Å². The molecule has 1 aliphatic rings. The van der Waals surface area contributed by atoms with Gasteiger partial charge in [0.1, 0.15) is 12.5 Å². The van der Waals surface area contributed by atoms with Crippen LogP contribution in [0.15, 0.2) is 24.3 Å². The maximum atomic E-state index is 12.9. The van der Waals surface area contributed by atoms with Gasteiger partial charge in [0.15, 0.2) is 0 Å². The van der Waals surface area contributed by atoms with Crippen LogP contribution in [0.2, 0.25) is 0 Å². The van der Waals surface area contributed by atoms with E-state index in [4.69, 9.17) is 5.26 Å². The molecule has 1 aliphatic heterocycles. The Bertz CT molecular complexity index is 991. The second-order valence-electron chi connectivity index (χ2n) is 8.58. The lowest BCUT2D eigenvalue weighted by Gasteiger charge is -2.23. The van der Waals surface area contributed by atoms with Crippen molar-refractivity contribution in [1.29, 1.82) is 10.5 Å². The summed E-state index contributed by atoms with van der Waals surface area (Å²) in [5.74, 6) is -1.48. The molecule has 3 amide bonds. The molecule has 0 aliphatic carbocycles. The monoisotopic (exact) mass is 513 g/mol. The van der Waals surface area contributed by atoms with E-state index in [1.165, 1.54) is 11.8 Å². The highest BCUT2D eigenvalue weighted by molar-refractivity contribution is 8.01. The summed E-state index contributed by atoms with van der Waals surface area (Å²) in [6.45, 7) is 6.02. The van der Waals surface area contributed by atoms with E-state index in [0.29, 0.717) is 31.7 Å². The Hall–Kier alpha value is -3.28. The first kappa shape index (κ1) is 29.0. The molecule has 11 heteroatoms. The highest BCUT2D eigenvalue weighted by atomic mass is 32.2. The van der Waals surface area contributed by atoms with Crippen LogP contribution < -0.4 is 16.0 Å². The van der Waals surface area contributed by atoms with Gasteiger partial charge in [-0.25, -0.2) is 0 Å². The lowest BCUT2D eigenvalue weighted by atomic mass is 10.1. The summed E-state index contributed by atoms with van der Waals surface area (Å²) in [4.78, 5) is 41.0. The van der Waals surface area contributed by atoms with E-state index in [0.717, 1.165) is 18.7 Å². The highest BCUT2D eigenvalue weighted by Gasteiger charge is 2.40. The highest BCUT2D eigenvalue weighted by Crippen LogP contribution is 2.37. The molecule has 0 spiro atoms. The Labute approximate surface area is 217 Å². The van der Waals surface area contributed by atoms with Crippen molar-refractivity contribution in [3.8, 4) is 12.1 Å². The van der Waals surface area contributed by atoms with Crippen LogP contribution in [0.25, 0.3) is 0 Å². The lowest BCUT2D eigenvalue weighted by Crippen LogP contribution is -2.38. The average Bonchev–Trinajstić information content (AvgIpc) is 3.15. The van der Waals surface area contributed by atoms with E-state index in [2.05, 4.69) is 22.9 Å². The molecule has 3 N–H and O–H groups in total. The Balaban J connectivity index is 1.89. The third-order valence-corrected chi connectivity index (χ3v) is 7.25. The molecule has 3 atom stereocenters. The van der Waals surface area contributed by atoms with Crippen molar-refractivity contribution in [1.82, 2.24) is 15.1 Å². The van der Waals surface area contributed by atoms with E-state index in [-0.39, 0.29) is 35.4 Å². The Kier molecular flexibility index (Phi) is 12.0. The Morgan fingerprint density at radius 2 is 2.00 bits per heavy atom. The van der Waals surface area contributed by atoms with Gasteiger partial charge in [0.25, 0.3) is 0 Å². The van der Waals surface area contributed by atoms with Crippen LogP contribution in [-0.2, 0) is 14.4 Å². The quantitative estimate of drug-likeness (QED) is 0.322. The number of nitrogens with one attached hydrogen (secondary N) is 3. The summed E-state index contributed by atoms with van der Waals surface area (Å²) in [7, 11) is 1.91. The maximum Gasteiger partial charge on any atom is 0.238 e. The number of nitriles is 2. The van der Waals surface area contributed by atoms with Gasteiger partial charge in [-0.05, 0) is 51.6 Å². The molecule has 0 bridgehead atoms. The smallest absolute Gasteiger partial charge is 0.238 e. The van der Waals surface area contributed by atoms with Crippen LogP contribution in [0.5, 0.6) is 0 Å². The van der Waals surface area contributed by atoms with Crippen LogP contribution in [0.3, 0.4) is 0 Å². The summed E-state index contributed by atoms with van der Waals surface area (Å²) in [5, 5.41) is 26.2. The Morgan fingerprint density at radius 1 is 1.25 bits per heavy atom. The minimum absolute atomic E-state index is 0.000589. The van der Waals surface area contributed by atoms with Crippen molar-refractivity contribution in [2.24, 2.45) is 5.92 Å². The van der Waals surface area contributed by atoms with Crippen molar-refractivity contribution in [3.63, 3.8) is 0 Å². The molecule has 3 unspecified atom stereocenters. The first-order chi connectivity index (χ1) is 17.3. The average molecular weight is 514 g/mol. The normalized spacial score (nSPS) is 17.8. The number of likely N-dealkylation sites (N-methyl/N-ethyl adjacent to an activating group) is 1. The number of carbonyl (C=O) groups excluding carboxylic acids is 3. The summed E-state index contributed by atoms with van der Waals surface area (Å²) < 4.78 is 0. The number of hydrogen-bond acceptors (Lipinski definition) is 8. The second kappa shape index (κ2) is 15.0. The molecule has 0 aromatic heterocycles. The number of carbonyl (C=O) groups is 3. The molecule has 10 nitrogen and oxygen atoms in total. The number of thioether (sulfide) groups is 1. The number of hydrogen-bond donors (Lipinski definition) is 3. The standard InChI is InChI=1S/C25H35N7O3S/c1-4-13-31(3)17-22(33)30-20-8-6-7-19(15-20)28-11-9-21-25(35)32(5-2)23(36-21)14-18(16-27)24(34)29-12-10-26/h6-8,15,18,21,23,28H,4-5,9,11-14,17H2,1-3H3,(H,29,34)(H,30,33). The van der Waals surface area contributed by atoms with E-state index in [1.807, 2.05) is 55.3 Å². The van der Waals surface area contributed by atoms with Gasteiger partial charge in [-0.15, -0.1) is 11.8 Å². The molecule has 1 heterocycles. The first-order valence-electron chi connectivity index (χ1n) is 12.1. The van der Waals surface area contributed by atoms with Gasteiger partial charge in [-0.1, -0.05) is 13.0 Å². The van der Waals surface area contributed by atoms with E-state index < -0.39 is 11.8 Å². The molecule has 1 fully saturated rings. The van der Waals surface area contributed by atoms with Gasteiger partial charge in [-0.3, -0.25) is 19.3 Å². The zero-order chi connectivity index (χ0) is 26.5. The fraction of sp³-hybridized carbons (Fsp3) is 0.560. The lowest BCUT2D eigenvalue weighted by molar-refractivity contribution is -0.131. The topological polar surface area (TPSA) is 141 Å². The van der Waals surface area contributed by atoms with Crippen molar-refractivity contribution < 1.29 is 14.4 Å². The van der Waals surface area contributed by atoms with Crippen molar-refractivity contribution >= 4 is 40.9 Å². The molecular formula is C25H35N7O3S. The van der Waals surface area contributed by atoms with Crippen molar-refractivity contribution in [2.75, 3.05) is 50.4 Å². The molecule has 194 valence electrons. The predicted octanol–water partition coefficient (Wildman–Crippen LogP) is 2.23. The largest absolute Gasteiger partial charge is 0.385 e. The number of anilines is 2. The number of amides is 3. The van der Waals surface area contributed by atoms with E-state index >= 15 is 0 Å². The molecule has 36 heavy (non-hydrogen) atoms. The van der Waals surface area contributed by atoms with Gasteiger partial charge in [-0.2, -0.15) is 10.5 Å². The molecule has 2 rings (SSSR count). The van der Waals surface area contributed by atoms with Crippen LogP contribution in [0.4, 0.5) is 11.4 Å². The SMILES string of the molecule is CCCN(C)CC(=O)Nc1cccc(NCCC2SC(CC(C#N)C(=O)NCC#N)N(CC)C2=O)c1. The fourth-order valence-electron chi connectivity index (χ4n) is 4.01. The van der Waals surface area contributed by atoms with Crippen LogP contribution in [0, 0.1) is 28.6 Å². The summed E-state index contributed by atoms with van der Waals surface area (Å²) >= 11 is 1.47. The van der Waals surface area contributed by atoms with Gasteiger partial charge in [0.05, 0.1) is 29.3 Å². The zero-order valence-corrected chi connectivity index (χ0v) is 21.9.